The first-order valence-corrected chi connectivity index (χ1v) is 6.51. The van der Waals surface area contributed by atoms with Gasteiger partial charge >= 0.3 is 0 Å². The molecule has 0 radical (unpaired) electrons. The van der Waals surface area contributed by atoms with E-state index in [9.17, 15) is 0 Å². The van der Waals surface area contributed by atoms with Gasteiger partial charge in [-0.2, -0.15) is 0 Å². The molecule has 3 nitrogen and oxygen atoms in total. The molecule has 0 aliphatic heterocycles. The molecule has 17 heavy (non-hydrogen) atoms. The molecule has 4 heteroatoms. The van der Waals surface area contributed by atoms with Crippen LogP contribution in [-0.4, -0.2) is 58.6 Å². The molecule has 0 aromatic heterocycles. The lowest BCUT2D eigenvalue weighted by Gasteiger charge is -2.29. The van der Waals surface area contributed by atoms with Gasteiger partial charge in [0.15, 0.2) is 0 Å². The second-order valence-electron chi connectivity index (χ2n) is 5.05. The number of rotatable bonds is 11. The Kier molecular flexibility index (Phi) is 14.8. The number of likely N-dealkylation sites (N-methyl/N-ethyl adjacent to an activating group) is 1. The lowest BCUT2D eigenvalue weighted by molar-refractivity contribution is -0.891. The summed E-state index contributed by atoms with van der Waals surface area (Å²) >= 11 is 0. The first-order chi connectivity index (χ1) is 7.62. The quantitative estimate of drug-likeness (QED) is 0.371. The van der Waals surface area contributed by atoms with E-state index in [1.807, 2.05) is 0 Å². The third-order valence-electron chi connectivity index (χ3n) is 2.89. The molecule has 0 spiro atoms. The summed E-state index contributed by atoms with van der Waals surface area (Å²) in [4.78, 5) is 0. The van der Waals surface area contributed by atoms with Crippen molar-refractivity contribution in [1.29, 1.82) is 0 Å². The molecule has 0 fully saturated rings. The van der Waals surface area contributed by atoms with Gasteiger partial charge in [-0.1, -0.05) is 19.8 Å². The Bertz CT molecular complexity index is 154. The van der Waals surface area contributed by atoms with Crippen molar-refractivity contribution in [2.45, 2.75) is 32.6 Å². The van der Waals surface area contributed by atoms with Crippen LogP contribution in [0.2, 0.25) is 0 Å². The van der Waals surface area contributed by atoms with Gasteiger partial charge in [0.05, 0.1) is 40.5 Å². The highest BCUT2D eigenvalue weighted by Gasteiger charge is 2.13. The van der Waals surface area contributed by atoms with E-state index in [0.717, 1.165) is 17.6 Å². The smallest absolute Gasteiger partial charge is 0.102 e. The zero-order valence-corrected chi connectivity index (χ0v) is 13.6. The molecule has 0 rings (SSSR count). The fourth-order valence-corrected chi connectivity index (χ4v) is 1.63. The van der Waals surface area contributed by atoms with Crippen molar-refractivity contribution in [2.75, 3.05) is 54.1 Å². The van der Waals surface area contributed by atoms with Gasteiger partial charge in [0.2, 0.25) is 0 Å². The second-order valence-corrected chi connectivity index (χ2v) is 5.05. The van der Waals surface area contributed by atoms with E-state index in [0.29, 0.717) is 13.2 Å². The van der Waals surface area contributed by atoms with Gasteiger partial charge in [-0.15, -0.1) is 0 Å². The lowest BCUT2D eigenvalue weighted by Crippen LogP contribution is -3.00. The summed E-state index contributed by atoms with van der Waals surface area (Å²) in [5.74, 6) is 0. The van der Waals surface area contributed by atoms with Crippen molar-refractivity contribution in [3.05, 3.63) is 0 Å². The molecule has 0 unspecified atom stereocenters. The van der Waals surface area contributed by atoms with Crippen LogP contribution in [0.15, 0.2) is 0 Å². The first-order valence-electron chi connectivity index (χ1n) is 6.51. The van der Waals surface area contributed by atoms with Crippen molar-refractivity contribution < 1.29 is 30.9 Å². The number of hydrogen-bond acceptors (Lipinski definition) is 2. The fraction of sp³-hybridized carbons (Fsp3) is 1.00. The SMILES string of the molecule is CCCCCC[N+](C)(C)CCOCCOC.[Br-]. The standard InChI is InChI=1S/C13H30NO2.BrH/c1-5-6-7-8-9-14(2,3)10-11-16-13-12-15-4;/h5-13H2,1-4H3;1H/q+1;/p-1. The minimum Gasteiger partial charge on any atom is -1.00 e. The molecule has 0 amide bonds. The number of unbranched alkanes of at least 4 members (excludes halogenated alkanes) is 3. The molecule has 0 saturated heterocycles. The van der Waals surface area contributed by atoms with Gasteiger partial charge < -0.3 is 30.9 Å². The van der Waals surface area contributed by atoms with Crippen LogP contribution < -0.4 is 17.0 Å². The predicted octanol–water partition coefficient (Wildman–Crippen LogP) is -0.690. The Hall–Kier alpha value is 0.360. The van der Waals surface area contributed by atoms with Crippen molar-refractivity contribution >= 4 is 0 Å². The van der Waals surface area contributed by atoms with Gasteiger partial charge in [-0.05, 0) is 12.8 Å². The third kappa shape index (κ3) is 14.3. The van der Waals surface area contributed by atoms with Gasteiger partial charge in [0.25, 0.3) is 0 Å². The van der Waals surface area contributed by atoms with Crippen LogP contribution in [0.1, 0.15) is 32.6 Å². The van der Waals surface area contributed by atoms with Gasteiger partial charge in [0, 0.05) is 7.11 Å². The topological polar surface area (TPSA) is 18.5 Å². The van der Waals surface area contributed by atoms with Crippen LogP contribution in [0, 0.1) is 0 Å². The van der Waals surface area contributed by atoms with Crippen molar-refractivity contribution in [3.8, 4) is 0 Å². The van der Waals surface area contributed by atoms with E-state index in [2.05, 4.69) is 21.0 Å². The number of ether oxygens (including phenoxy) is 2. The molecule has 0 aliphatic rings. The highest BCUT2D eigenvalue weighted by atomic mass is 79.9. The van der Waals surface area contributed by atoms with E-state index in [-0.39, 0.29) is 17.0 Å². The molecular weight excluding hydrogens is 282 g/mol. The van der Waals surface area contributed by atoms with Crippen LogP contribution in [-0.2, 0) is 9.47 Å². The Labute approximate surface area is 118 Å². The van der Waals surface area contributed by atoms with Crippen LogP contribution >= 0.6 is 0 Å². The third-order valence-corrected chi connectivity index (χ3v) is 2.89. The van der Waals surface area contributed by atoms with Crippen molar-refractivity contribution in [2.24, 2.45) is 0 Å². The molecule has 0 N–H and O–H groups in total. The number of quaternary nitrogens is 1. The average Bonchev–Trinajstić information content (AvgIpc) is 2.24. The summed E-state index contributed by atoms with van der Waals surface area (Å²) in [5.41, 5.74) is 0. The summed E-state index contributed by atoms with van der Waals surface area (Å²) in [6.45, 7) is 6.85. The van der Waals surface area contributed by atoms with Crippen LogP contribution in [0.5, 0.6) is 0 Å². The Morgan fingerprint density at radius 2 is 1.59 bits per heavy atom. The number of nitrogens with zero attached hydrogens (tertiary/aromatic N) is 1. The van der Waals surface area contributed by atoms with E-state index < -0.39 is 0 Å². The van der Waals surface area contributed by atoms with Gasteiger partial charge in [-0.25, -0.2) is 0 Å². The Morgan fingerprint density at radius 3 is 2.18 bits per heavy atom. The Balaban J connectivity index is 0. The molecule has 0 heterocycles. The molecule has 0 aromatic carbocycles. The van der Waals surface area contributed by atoms with Gasteiger partial charge in [0.1, 0.15) is 6.54 Å². The molecule has 0 aliphatic carbocycles. The second kappa shape index (κ2) is 12.8. The maximum absolute atomic E-state index is 5.50. The summed E-state index contributed by atoms with van der Waals surface area (Å²) in [5, 5.41) is 0. The van der Waals surface area contributed by atoms with Crippen LogP contribution in [0.4, 0.5) is 0 Å². The molecule has 0 bridgehead atoms. The van der Waals surface area contributed by atoms with E-state index in [1.165, 1.54) is 32.2 Å². The molecular formula is C13H30BrNO2. The highest BCUT2D eigenvalue weighted by molar-refractivity contribution is 4.41. The van der Waals surface area contributed by atoms with E-state index in [4.69, 9.17) is 9.47 Å². The summed E-state index contributed by atoms with van der Waals surface area (Å²) in [7, 11) is 6.27. The zero-order valence-electron chi connectivity index (χ0n) is 12.0. The normalized spacial score (nSPS) is 11.3. The van der Waals surface area contributed by atoms with E-state index in [1.54, 1.807) is 7.11 Å². The summed E-state index contributed by atoms with van der Waals surface area (Å²) < 4.78 is 11.5. The minimum absolute atomic E-state index is 0. The van der Waals surface area contributed by atoms with Gasteiger partial charge in [-0.3, -0.25) is 0 Å². The van der Waals surface area contributed by atoms with E-state index >= 15 is 0 Å². The molecule has 0 atom stereocenters. The summed E-state index contributed by atoms with van der Waals surface area (Å²) in [6, 6.07) is 0. The number of methoxy groups -OCH3 is 1. The monoisotopic (exact) mass is 311 g/mol. The largest absolute Gasteiger partial charge is 1.00 e. The molecule has 106 valence electrons. The fourth-order valence-electron chi connectivity index (χ4n) is 1.63. The number of halogens is 1. The Morgan fingerprint density at radius 1 is 0.882 bits per heavy atom. The molecule has 0 aromatic rings. The predicted molar refractivity (Wildman–Crippen MR) is 68.7 cm³/mol. The lowest BCUT2D eigenvalue weighted by atomic mass is 10.2. The minimum atomic E-state index is 0. The zero-order chi connectivity index (χ0) is 12.3. The maximum Gasteiger partial charge on any atom is 0.102 e. The highest BCUT2D eigenvalue weighted by Crippen LogP contribution is 2.05. The maximum atomic E-state index is 5.50. The van der Waals surface area contributed by atoms with Crippen LogP contribution in [0.3, 0.4) is 0 Å². The van der Waals surface area contributed by atoms with Crippen LogP contribution in [0.25, 0.3) is 0 Å². The van der Waals surface area contributed by atoms with Crippen molar-refractivity contribution in [1.82, 2.24) is 0 Å². The number of hydrogen-bond donors (Lipinski definition) is 0. The molecule has 0 saturated carbocycles. The van der Waals surface area contributed by atoms with Crippen molar-refractivity contribution in [3.63, 3.8) is 0 Å². The first kappa shape index (κ1) is 19.7. The summed E-state index contributed by atoms with van der Waals surface area (Å²) in [6.07, 6.45) is 5.37. The average molecular weight is 312 g/mol.